The van der Waals surface area contributed by atoms with Crippen LogP contribution in [0.2, 0.25) is 0 Å². The summed E-state index contributed by atoms with van der Waals surface area (Å²) in [6, 6.07) is 0.0962. The Labute approximate surface area is 191 Å². The lowest BCUT2D eigenvalue weighted by Gasteiger charge is -2.59. The third-order valence-corrected chi connectivity index (χ3v) is 9.98. The van der Waals surface area contributed by atoms with Gasteiger partial charge in [-0.05, 0) is 87.4 Å². The number of hydrogen-bond acceptors (Lipinski definition) is 6. The van der Waals surface area contributed by atoms with Crippen LogP contribution in [-0.2, 0) is 9.63 Å². The van der Waals surface area contributed by atoms with Crippen molar-refractivity contribution < 1.29 is 14.8 Å². The lowest BCUT2D eigenvalue weighted by atomic mass is 9.45. The van der Waals surface area contributed by atoms with Gasteiger partial charge in [-0.25, -0.2) is 0 Å². The predicted octanol–water partition coefficient (Wildman–Crippen LogP) is 4.71. The van der Waals surface area contributed by atoms with Gasteiger partial charge in [0, 0.05) is 23.8 Å². The third kappa shape index (κ3) is 3.52. The number of hydrogen-bond donors (Lipinski definition) is 2. The fourth-order valence-corrected chi connectivity index (χ4v) is 8.07. The molecule has 174 valence electrons. The summed E-state index contributed by atoms with van der Waals surface area (Å²) < 4.78 is 0. The number of rotatable bonds is 2. The zero-order chi connectivity index (χ0) is 21.1. The molecule has 1 unspecified atom stereocenters. The van der Waals surface area contributed by atoms with Crippen molar-refractivity contribution >= 4 is 29.6 Å². The second kappa shape index (κ2) is 8.33. The number of carbonyl (C=O) groups is 1. The maximum absolute atomic E-state index is 12.6. The van der Waals surface area contributed by atoms with Gasteiger partial charge < -0.3 is 15.8 Å². The molecule has 0 aliphatic heterocycles. The fraction of sp³-hybridized carbons (Fsp3) is 0.875. The van der Waals surface area contributed by atoms with E-state index in [0.29, 0.717) is 23.5 Å². The van der Waals surface area contributed by atoms with Gasteiger partial charge in [-0.2, -0.15) is 0 Å². The molecule has 0 aromatic rings. The van der Waals surface area contributed by atoms with Crippen LogP contribution in [0.15, 0.2) is 10.3 Å². The molecule has 5 fully saturated rings. The molecule has 0 bridgehead atoms. The summed E-state index contributed by atoms with van der Waals surface area (Å²) in [4.78, 5) is 18.5. The summed E-state index contributed by atoms with van der Waals surface area (Å²) in [7, 11) is 0. The minimum atomic E-state index is -0.153. The lowest BCUT2D eigenvalue weighted by molar-refractivity contribution is -0.133. The number of nitrogens with two attached hydrogens (primary N) is 1. The van der Waals surface area contributed by atoms with E-state index in [1.54, 1.807) is 0 Å². The van der Waals surface area contributed by atoms with Crippen molar-refractivity contribution in [3.63, 3.8) is 0 Å². The first kappa shape index (κ1) is 23.0. The zero-order valence-electron chi connectivity index (χ0n) is 18.9. The number of nitrogens with zero attached hydrogens (tertiary/aromatic N) is 2. The maximum Gasteiger partial charge on any atom is 0.142 e. The van der Waals surface area contributed by atoms with Crippen LogP contribution in [0.1, 0.15) is 84.5 Å². The van der Waals surface area contributed by atoms with E-state index in [-0.39, 0.29) is 41.3 Å². The molecule has 0 aromatic carbocycles. The van der Waals surface area contributed by atoms with E-state index in [1.165, 1.54) is 0 Å². The van der Waals surface area contributed by atoms with E-state index in [2.05, 4.69) is 24.2 Å². The quantitative estimate of drug-likeness (QED) is 0.469. The van der Waals surface area contributed by atoms with Crippen LogP contribution in [-0.4, -0.2) is 34.6 Å². The molecular weight excluding hydrogens is 414 g/mol. The van der Waals surface area contributed by atoms with Crippen molar-refractivity contribution in [3.05, 3.63) is 0 Å². The third-order valence-electron chi connectivity index (χ3n) is 9.98. The van der Waals surface area contributed by atoms with Crippen LogP contribution >= 0.6 is 12.4 Å². The Morgan fingerprint density at radius 1 is 1.06 bits per heavy atom. The summed E-state index contributed by atoms with van der Waals surface area (Å²) in [5.41, 5.74) is 8.10. The molecule has 0 radical (unpaired) electrons. The molecule has 6 nitrogen and oxygen atoms in total. The number of oxime groups is 2. The standard InChI is InChI=1S/C24H37N3O3.ClH/c1-23-10-8-14(27-30-21-5-3-4-19(21)25)12-18(23)20(26-29)13-15-16-6-7-22(28)24(16,2)11-9-17(15)23;/h15-19,21,29H,3-13,25H2,1-2H3;1H/b26-20+,27-14?;/t15-,16-,17-,18?,19+,21+,23+,24-;/m0./s1. The molecule has 7 heteroatoms. The van der Waals surface area contributed by atoms with E-state index in [9.17, 15) is 10.0 Å². The summed E-state index contributed by atoms with van der Waals surface area (Å²) in [5, 5.41) is 18.3. The highest BCUT2D eigenvalue weighted by Gasteiger charge is 2.61. The van der Waals surface area contributed by atoms with Crippen LogP contribution in [0.3, 0.4) is 0 Å². The number of ketones is 1. The molecular formula is C24H38ClN3O3. The minimum Gasteiger partial charge on any atom is -0.411 e. The Hall–Kier alpha value is -1.14. The summed E-state index contributed by atoms with van der Waals surface area (Å²) in [5.74, 6) is 2.19. The van der Waals surface area contributed by atoms with Crippen LogP contribution in [0.5, 0.6) is 0 Å². The Bertz CT molecular complexity index is 786. The van der Waals surface area contributed by atoms with Crippen LogP contribution < -0.4 is 5.73 Å². The molecule has 5 rings (SSSR count). The van der Waals surface area contributed by atoms with Gasteiger partial charge in [-0.3, -0.25) is 4.79 Å². The van der Waals surface area contributed by atoms with Gasteiger partial charge in [0.25, 0.3) is 0 Å². The minimum absolute atomic E-state index is 0. The van der Waals surface area contributed by atoms with Crippen molar-refractivity contribution in [2.75, 3.05) is 0 Å². The van der Waals surface area contributed by atoms with E-state index in [1.807, 2.05) is 0 Å². The van der Waals surface area contributed by atoms with Crippen LogP contribution in [0.4, 0.5) is 0 Å². The molecule has 31 heavy (non-hydrogen) atoms. The van der Waals surface area contributed by atoms with E-state index >= 15 is 0 Å². The Kier molecular flexibility index (Phi) is 6.19. The zero-order valence-corrected chi connectivity index (χ0v) is 19.7. The van der Waals surface area contributed by atoms with Crippen molar-refractivity contribution in [2.24, 2.45) is 50.5 Å². The molecule has 0 spiro atoms. The number of carbonyl (C=O) groups excluding carboxylic acids is 1. The molecule has 3 N–H and O–H groups in total. The molecule has 5 aliphatic rings. The highest BCUT2D eigenvalue weighted by Crippen LogP contribution is 2.64. The van der Waals surface area contributed by atoms with Gasteiger partial charge in [0.15, 0.2) is 0 Å². The average Bonchev–Trinajstić information content (AvgIpc) is 3.28. The lowest BCUT2D eigenvalue weighted by Crippen LogP contribution is -2.56. The molecule has 8 atom stereocenters. The van der Waals surface area contributed by atoms with Crippen molar-refractivity contribution in [1.29, 1.82) is 0 Å². The normalized spacial score (nSPS) is 49.3. The number of fused-ring (bicyclic) bond motifs is 5. The van der Waals surface area contributed by atoms with Gasteiger partial charge >= 0.3 is 0 Å². The average molecular weight is 452 g/mol. The van der Waals surface area contributed by atoms with Gasteiger partial charge in [-0.1, -0.05) is 24.2 Å². The molecule has 5 saturated carbocycles. The maximum atomic E-state index is 12.6. The van der Waals surface area contributed by atoms with Crippen molar-refractivity contribution in [2.45, 2.75) is 96.6 Å². The Morgan fingerprint density at radius 3 is 2.58 bits per heavy atom. The molecule has 0 saturated heterocycles. The Morgan fingerprint density at radius 2 is 1.87 bits per heavy atom. The smallest absolute Gasteiger partial charge is 0.142 e. The molecule has 0 heterocycles. The van der Waals surface area contributed by atoms with E-state index < -0.39 is 0 Å². The SMILES string of the molecule is C[C@]12CCC(=NO[C@@H]3CCC[C@H]3N)CC1/C(=N/O)C[C@@H]1[C@@H]2CC[C@]2(C)C(=O)CC[C@@H]12.Cl. The topological polar surface area (TPSA) is 97.3 Å². The second-order valence-corrected chi connectivity index (χ2v) is 11.2. The van der Waals surface area contributed by atoms with Gasteiger partial charge in [-0.15, -0.1) is 12.4 Å². The summed E-state index contributed by atoms with van der Waals surface area (Å²) in [6.07, 6.45) is 10.7. The first-order chi connectivity index (χ1) is 14.4. The highest BCUT2D eigenvalue weighted by atomic mass is 35.5. The monoisotopic (exact) mass is 451 g/mol. The summed E-state index contributed by atoms with van der Waals surface area (Å²) in [6.45, 7) is 4.60. The van der Waals surface area contributed by atoms with Gasteiger partial charge in [0.05, 0.1) is 11.4 Å². The molecule has 0 aromatic heterocycles. The van der Waals surface area contributed by atoms with Crippen molar-refractivity contribution in [3.8, 4) is 0 Å². The summed E-state index contributed by atoms with van der Waals surface area (Å²) >= 11 is 0. The van der Waals surface area contributed by atoms with Gasteiger partial charge in [0.1, 0.15) is 11.9 Å². The number of halogens is 1. The highest BCUT2D eigenvalue weighted by molar-refractivity contribution is 5.96. The first-order valence-corrected chi connectivity index (χ1v) is 12.1. The second-order valence-electron chi connectivity index (χ2n) is 11.2. The number of Topliss-reactive ketones (excluding diaryl/α,β-unsaturated/α-hetero) is 1. The van der Waals surface area contributed by atoms with Crippen LogP contribution in [0, 0.1) is 34.5 Å². The Balaban J connectivity index is 0.00000231. The fourth-order valence-electron chi connectivity index (χ4n) is 8.07. The molecule has 5 aliphatic carbocycles. The first-order valence-electron chi connectivity index (χ1n) is 12.1. The molecule has 0 amide bonds. The van der Waals surface area contributed by atoms with Crippen molar-refractivity contribution in [1.82, 2.24) is 0 Å². The van der Waals surface area contributed by atoms with E-state index in [0.717, 1.165) is 82.1 Å². The largest absolute Gasteiger partial charge is 0.411 e. The predicted molar refractivity (Wildman–Crippen MR) is 123 cm³/mol. The van der Waals surface area contributed by atoms with Crippen LogP contribution in [0.25, 0.3) is 0 Å². The van der Waals surface area contributed by atoms with E-state index in [4.69, 9.17) is 10.6 Å². The van der Waals surface area contributed by atoms with Gasteiger partial charge in [0.2, 0.25) is 0 Å².